The topological polar surface area (TPSA) is 69.6 Å². The van der Waals surface area contributed by atoms with Crippen LogP contribution in [0.15, 0.2) is 24.3 Å². The van der Waals surface area contributed by atoms with Crippen LogP contribution < -0.4 is 5.32 Å². The van der Waals surface area contributed by atoms with Crippen molar-refractivity contribution in [3.8, 4) is 0 Å². The number of anilines is 1. The van der Waals surface area contributed by atoms with E-state index in [0.29, 0.717) is 31.0 Å². The Hall–Kier alpha value is -1.88. The monoisotopic (exact) mass is 318 g/mol. The van der Waals surface area contributed by atoms with Crippen molar-refractivity contribution in [2.45, 2.75) is 52.2 Å². The van der Waals surface area contributed by atoms with E-state index in [1.54, 1.807) is 29.2 Å². The molecule has 0 aromatic heterocycles. The molecule has 126 valence electrons. The number of hydrogen-bond acceptors (Lipinski definition) is 3. The van der Waals surface area contributed by atoms with Gasteiger partial charge in [-0.25, -0.2) is 0 Å². The van der Waals surface area contributed by atoms with Crippen LogP contribution >= 0.6 is 0 Å². The summed E-state index contributed by atoms with van der Waals surface area (Å²) in [5, 5.41) is 12.1. The predicted molar refractivity (Wildman–Crippen MR) is 89.8 cm³/mol. The molecule has 5 nitrogen and oxygen atoms in total. The number of aliphatic hydroxyl groups is 1. The molecule has 0 aliphatic carbocycles. The SMILES string of the molecule is CC(C)C[C@@H](C(=O)Nc1cccc(CO)c1)N1CCCCC1=O. The minimum atomic E-state index is -0.430. The van der Waals surface area contributed by atoms with Gasteiger partial charge in [-0.15, -0.1) is 0 Å². The van der Waals surface area contributed by atoms with E-state index in [4.69, 9.17) is 0 Å². The van der Waals surface area contributed by atoms with Crippen LogP contribution in [-0.4, -0.2) is 34.4 Å². The van der Waals surface area contributed by atoms with E-state index in [1.165, 1.54) is 0 Å². The summed E-state index contributed by atoms with van der Waals surface area (Å²) in [4.78, 5) is 26.6. The molecular weight excluding hydrogens is 292 g/mol. The third-order valence-corrected chi connectivity index (χ3v) is 4.11. The Balaban J connectivity index is 2.13. The van der Waals surface area contributed by atoms with Gasteiger partial charge in [0.05, 0.1) is 6.61 Å². The smallest absolute Gasteiger partial charge is 0.247 e. The predicted octanol–water partition coefficient (Wildman–Crippen LogP) is 2.54. The Morgan fingerprint density at radius 1 is 1.35 bits per heavy atom. The molecule has 1 atom stereocenters. The summed E-state index contributed by atoms with van der Waals surface area (Å²) in [6.45, 7) is 4.70. The number of amides is 2. The van der Waals surface area contributed by atoms with Gasteiger partial charge in [0, 0.05) is 18.7 Å². The van der Waals surface area contributed by atoms with Gasteiger partial charge in [-0.3, -0.25) is 9.59 Å². The van der Waals surface area contributed by atoms with Gasteiger partial charge >= 0.3 is 0 Å². The fourth-order valence-corrected chi connectivity index (χ4v) is 2.95. The van der Waals surface area contributed by atoms with Gasteiger partial charge < -0.3 is 15.3 Å². The molecule has 0 saturated carbocycles. The Kier molecular flexibility index (Phi) is 6.16. The lowest BCUT2D eigenvalue weighted by atomic mass is 9.98. The van der Waals surface area contributed by atoms with Crippen molar-refractivity contribution < 1.29 is 14.7 Å². The van der Waals surface area contributed by atoms with Crippen molar-refractivity contribution in [2.75, 3.05) is 11.9 Å². The third kappa shape index (κ3) is 4.79. The van der Waals surface area contributed by atoms with Gasteiger partial charge in [0.25, 0.3) is 0 Å². The van der Waals surface area contributed by atoms with E-state index in [9.17, 15) is 14.7 Å². The van der Waals surface area contributed by atoms with E-state index < -0.39 is 6.04 Å². The zero-order chi connectivity index (χ0) is 16.8. The zero-order valence-corrected chi connectivity index (χ0v) is 13.9. The van der Waals surface area contributed by atoms with E-state index in [2.05, 4.69) is 19.2 Å². The van der Waals surface area contributed by atoms with Gasteiger partial charge in [-0.2, -0.15) is 0 Å². The molecule has 1 fully saturated rings. The number of likely N-dealkylation sites (tertiary alicyclic amines) is 1. The van der Waals surface area contributed by atoms with Crippen molar-refractivity contribution in [2.24, 2.45) is 5.92 Å². The molecule has 1 heterocycles. The molecule has 0 radical (unpaired) electrons. The highest BCUT2D eigenvalue weighted by Crippen LogP contribution is 2.21. The van der Waals surface area contributed by atoms with Crippen molar-refractivity contribution in [3.63, 3.8) is 0 Å². The third-order valence-electron chi connectivity index (χ3n) is 4.11. The number of carbonyl (C=O) groups excluding carboxylic acids is 2. The number of nitrogens with one attached hydrogen (secondary N) is 1. The van der Waals surface area contributed by atoms with Gasteiger partial charge in [0.2, 0.25) is 11.8 Å². The first-order valence-electron chi connectivity index (χ1n) is 8.31. The second kappa shape index (κ2) is 8.11. The molecule has 1 aliphatic rings. The maximum Gasteiger partial charge on any atom is 0.247 e. The minimum absolute atomic E-state index is 0.0657. The van der Waals surface area contributed by atoms with E-state index >= 15 is 0 Å². The molecule has 23 heavy (non-hydrogen) atoms. The number of piperidine rings is 1. The fraction of sp³-hybridized carbons (Fsp3) is 0.556. The maximum atomic E-state index is 12.7. The van der Waals surface area contributed by atoms with Crippen LogP contribution in [0.25, 0.3) is 0 Å². The molecule has 1 saturated heterocycles. The zero-order valence-electron chi connectivity index (χ0n) is 13.9. The normalized spacial score (nSPS) is 16.5. The quantitative estimate of drug-likeness (QED) is 0.847. The summed E-state index contributed by atoms with van der Waals surface area (Å²) in [6.07, 6.45) is 3.04. The van der Waals surface area contributed by atoms with Gasteiger partial charge in [0.1, 0.15) is 6.04 Å². The van der Waals surface area contributed by atoms with E-state index in [1.807, 2.05) is 0 Å². The fourth-order valence-electron chi connectivity index (χ4n) is 2.95. The molecule has 2 N–H and O–H groups in total. The van der Waals surface area contributed by atoms with Crippen LogP contribution in [0.2, 0.25) is 0 Å². The number of nitrogens with zero attached hydrogens (tertiary/aromatic N) is 1. The molecule has 0 unspecified atom stereocenters. The highest BCUT2D eigenvalue weighted by Gasteiger charge is 2.31. The molecular formula is C18H26N2O3. The lowest BCUT2D eigenvalue weighted by Gasteiger charge is -2.34. The van der Waals surface area contributed by atoms with Crippen molar-refractivity contribution in [3.05, 3.63) is 29.8 Å². The number of hydrogen-bond donors (Lipinski definition) is 2. The summed E-state index contributed by atoms with van der Waals surface area (Å²) in [7, 11) is 0. The molecule has 1 aromatic carbocycles. The van der Waals surface area contributed by atoms with Crippen molar-refractivity contribution in [1.29, 1.82) is 0 Å². The molecule has 5 heteroatoms. The number of benzene rings is 1. The Bertz CT molecular complexity index is 557. The van der Waals surface area contributed by atoms with E-state index in [-0.39, 0.29) is 18.4 Å². The van der Waals surface area contributed by atoms with E-state index in [0.717, 1.165) is 18.4 Å². The second-order valence-corrected chi connectivity index (χ2v) is 6.54. The van der Waals surface area contributed by atoms with Gasteiger partial charge in [0.15, 0.2) is 0 Å². The second-order valence-electron chi connectivity index (χ2n) is 6.54. The Labute approximate surface area is 137 Å². The number of rotatable bonds is 6. The van der Waals surface area contributed by atoms with Crippen molar-refractivity contribution >= 4 is 17.5 Å². The summed E-state index contributed by atoms with van der Waals surface area (Å²) in [6, 6.07) is 6.71. The average Bonchev–Trinajstić information content (AvgIpc) is 2.53. The molecule has 2 rings (SSSR count). The van der Waals surface area contributed by atoms with Crippen molar-refractivity contribution in [1.82, 2.24) is 4.90 Å². The first kappa shape index (κ1) is 17.5. The number of aliphatic hydroxyl groups excluding tert-OH is 1. The summed E-state index contributed by atoms with van der Waals surface area (Å²) >= 11 is 0. The maximum absolute atomic E-state index is 12.7. The molecule has 1 aliphatic heterocycles. The summed E-state index contributed by atoms with van der Waals surface area (Å²) < 4.78 is 0. The lowest BCUT2D eigenvalue weighted by Crippen LogP contribution is -2.49. The van der Waals surface area contributed by atoms with Gasteiger partial charge in [-0.05, 0) is 42.9 Å². The first-order valence-corrected chi connectivity index (χ1v) is 8.31. The van der Waals surface area contributed by atoms with Crippen LogP contribution in [0.3, 0.4) is 0 Å². The molecule has 2 amide bonds. The summed E-state index contributed by atoms with van der Waals surface area (Å²) in [5.74, 6) is 0.245. The minimum Gasteiger partial charge on any atom is -0.392 e. The van der Waals surface area contributed by atoms with Crippen LogP contribution in [0, 0.1) is 5.92 Å². The lowest BCUT2D eigenvalue weighted by molar-refractivity contribution is -0.141. The largest absolute Gasteiger partial charge is 0.392 e. The Morgan fingerprint density at radius 2 is 2.13 bits per heavy atom. The molecule has 0 bridgehead atoms. The average molecular weight is 318 g/mol. The van der Waals surface area contributed by atoms with Crippen LogP contribution in [0.1, 0.15) is 45.1 Å². The van der Waals surface area contributed by atoms with Crippen LogP contribution in [0.4, 0.5) is 5.69 Å². The summed E-state index contributed by atoms with van der Waals surface area (Å²) in [5.41, 5.74) is 1.40. The molecule has 0 spiro atoms. The highest BCUT2D eigenvalue weighted by atomic mass is 16.3. The standard InChI is InChI=1S/C18H26N2O3/c1-13(2)10-16(20-9-4-3-8-17(20)22)18(23)19-15-7-5-6-14(11-15)12-21/h5-7,11,13,16,21H,3-4,8-10,12H2,1-2H3,(H,19,23)/t16-/m0/s1. The Morgan fingerprint density at radius 3 is 2.78 bits per heavy atom. The number of carbonyl (C=O) groups is 2. The van der Waals surface area contributed by atoms with Crippen LogP contribution in [0.5, 0.6) is 0 Å². The highest BCUT2D eigenvalue weighted by molar-refractivity contribution is 5.97. The first-order chi connectivity index (χ1) is 11.0. The van der Waals surface area contributed by atoms with Crippen LogP contribution in [-0.2, 0) is 16.2 Å². The molecule has 1 aromatic rings. The van der Waals surface area contributed by atoms with Gasteiger partial charge in [-0.1, -0.05) is 26.0 Å².